The second-order valence-electron chi connectivity index (χ2n) is 8.86. The minimum Gasteiger partial charge on any atom is -0.378 e. The van der Waals surface area contributed by atoms with Gasteiger partial charge in [-0.15, -0.1) is 0 Å². The molecule has 0 aliphatic heterocycles. The van der Waals surface area contributed by atoms with E-state index in [-0.39, 0.29) is 38.1 Å². The Hall–Kier alpha value is -2.94. The summed E-state index contributed by atoms with van der Waals surface area (Å²) < 4.78 is 66.6. The van der Waals surface area contributed by atoms with E-state index < -0.39 is 20.2 Å². The molecule has 0 spiro atoms. The Kier molecular flexibility index (Phi) is 6.18. The van der Waals surface area contributed by atoms with E-state index in [0.717, 1.165) is 16.8 Å². The predicted molar refractivity (Wildman–Crippen MR) is 134 cm³/mol. The third kappa shape index (κ3) is 4.29. The Morgan fingerprint density at radius 3 is 1.91 bits per heavy atom. The highest BCUT2D eigenvalue weighted by Gasteiger charge is 2.30. The first-order valence-electron chi connectivity index (χ1n) is 10.9. The Morgan fingerprint density at radius 2 is 1.32 bits per heavy atom. The Morgan fingerprint density at radius 1 is 0.735 bits per heavy atom. The molecule has 0 aromatic heterocycles. The van der Waals surface area contributed by atoms with Crippen LogP contribution in [0.25, 0.3) is 21.5 Å². The molecule has 0 amide bonds. The van der Waals surface area contributed by atoms with Crippen molar-refractivity contribution in [2.24, 2.45) is 0 Å². The van der Waals surface area contributed by atoms with Crippen molar-refractivity contribution in [3.05, 3.63) is 77.9 Å². The second-order valence-corrected chi connectivity index (χ2v) is 11.7. The number of rotatable bonds is 6. The van der Waals surface area contributed by atoms with E-state index in [0.29, 0.717) is 11.1 Å². The minimum absolute atomic E-state index is 0.0134. The van der Waals surface area contributed by atoms with Crippen LogP contribution in [-0.2, 0) is 20.2 Å². The topological polar surface area (TPSA) is 97.7 Å². The van der Waals surface area contributed by atoms with Crippen LogP contribution < -0.4 is 4.18 Å². The molecule has 178 valence electrons. The first kappa shape index (κ1) is 24.2. The molecule has 0 bridgehead atoms. The van der Waals surface area contributed by atoms with Crippen LogP contribution in [0.2, 0.25) is 0 Å². The van der Waals surface area contributed by atoms with Crippen LogP contribution in [0.5, 0.6) is 5.75 Å². The summed E-state index contributed by atoms with van der Waals surface area (Å²) in [6, 6.07) is 18.3. The molecule has 6 nitrogen and oxygen atoms in total. The summed E-state index contributed by atoms with van der Waals surface area (Å²) in [5, 5.41) is 2.23. The third-order valence-electron chi connectivity index (χ3n) is 5.84. The van der Waals surface area contributed by atoms with Crippen molar-refractivity contribution >= 4 is 41.8 Å². The zero-order chi connectivity index (χ0) is 24.8. The highest BCUT2D eigenvalue weighted by molar-refractivity contribution is 7.87. The molecule has 1 N–H and O–H groups in total. The highest BCUT2D eigenvalue weighted by Crippen LogP contribution is 2.40. The van der Waals surface area contributed by atoms with E-state index in [1.807, 2.05) is 58.0 Å². The first-order valence-corrected chi connectivity index (χ1v) is 13.8. The molecule has 4 aromatic rings. The van der Waals surface area contributed by atoms with E-state index in [9.17, 15) is 21.4 Å². The van der Waals surface area contributed by atoms with E-state index in [1.54, 1.807) is 18.2 Å². The Labute approximate surface area is 200 Å². The van der Waals surface area contributed by atoms with Gasteiger partial charge in [0.2, 0.25) is 0 Å². The molecular weight excluding hydrogens is 472 g/mol. The maximum absolute atomic E-state index is 13.8. The largest absolute Gasteiger partial charge is 0.378 e. The molecule has 0 radical (unpaired) electrons. The van der Waals surface area contributed by atoms with Gasteiger partial charge in [0, 0.05) is 10.8 Å². The van der Waals surface area contributed by atoms with Gasteiger partial charge in [-0.3, -0.25) is 4.55 Å². The van der Waals surface area contributed by atoms with Gasteiger partial charge in [0.15, 0.2) is 5.75 Å². The molecule has 8 heteroatoms. The molecular formula is C26H26O6S2. The molecule has 0 saturated carbocycles. The van der Waals surface area contributed by atoms with Crippen LogP contribution in [-0.4, -0.2) is 21.4 Å². The molecule has 0 fully saturated rings. The normalized spacial score (nSPS) is 12.7. The van der Waals surface area contributed by atoms with Gasteiger partial charge in [-0.25, -0.2) is 0 Å². The monoisotopic (exact) mass is 498 g/mol. The number of benzene rings is 4. The number of hydrogen-bond donors (Lipinski definition) is 1. The summed E-state index contributed by atoms with van der Waals surface area (Å²) in [6.07, 6.45) is 0. The molecule has 0 aliphatic rings. The fourth-order valence-corrected chi connectivity index (χ4v) is 6.72. The zero-order valence-electron chi connectivity index (χ0n) is 19.3. The van der Waals surface area contributed by atoms with Gasteiger partial charge >= 0.3 is 10.1 Å². The summed E-state index contributed by atoms with van der Waals surface area (Å²) in [7, 11) is -8.82. The fourth-order valence-electron chi connectivity index (χ4n) is 4.36. The maximum atomic E-state index is 13.8. The summed E-state index contributed by atoms with van der Waals surface area (Å²) in [5.74, 6) is -0.203. The van der Waals surface area contributed by atoms with Gasteiger partial charge < -0.3 is 4.18 Å². The molecule has 34 heavy (non-hydrogen) atoms. The van der Waals surface area contributed by atoms with Crippen molar-refractivity contribution in [2.45, 2.75) is 49.3 Å². The number of hydrogen-bond acceptors (Lipinski definition) is 5. The average molecular weight is 499 g/mol. The van der Waals surface area contributed by atoms with Gasteiger partial charge in [0.25, 0.3) is 10.1 Å². The summed E-state index contributed by atoms with van der Waals surface area (Å²) in [6.45, 7) is 7.76. The van der Waals surface area contributed by atoms with Crippen LogP contribution in [0.1, 0.15) is 50.7 Å². The molecule has 4 rings (SSSR count). The van der Waals surface area contributed by atoms with Crippen LogP contribution in [0, 0.1) is 0 Å². The quantitative estimate of drug-likeness (QED) is 0.249. The van der Waals surface area contributed by atoms with Gasteiger partial charge in [0.05, 0.1) is 0 Å². The zero-order valence-corrected chi connectivity index (χ0v) is 20.9. The van der Waals surface area contributed by atoms with Crippen molar-refractivity contribution in [3.8, 4) is 5.75 Å². The lowest BCUT2D eigenvalue weighted by molar-refractivity contribution is 0.483. The van der Waals surface area contributed by atoms with Gasteiger partial charge in [-0.2, -0.15) is 16.8 Å². The Bertz CT molecular complexity index is 1620. The Balaban J connectivity index is 1.99. The smallest absolute Gasteiger partial charge is 0.339 e. The van der Waals surface area contributed by atoms with E-state index in [1.165, 1.54) is 12.1 Å². The summed E-state index contributed by atoms with van der Waals surface area (Å²) >= 11 is 0. The molecule has 0 saturated heterocycles. The predicted octanol–water partition coefficient (Wildman–Crippen LogP) is 6.25. The van der Waals surface area contributed by atoms with Crippen LogP contribution in [0.15, 0.2) is 76.5 Å². The van der Waals surface area contributed by atoms with Crippen molar-refractivity contribution < 1.29 is 25.6 Å². The standard InChI is InChI=1S/C26H26O6S2/c1-16(2)22-15-18-9-5-6-10-19(18)25(17(3)4)26(22)34(30,31)32-23-13-14-24(33(27,28)29)21-12-8-7-11-20(21)23/h5-17H,1-4H3,(H,27,28,29). The average Bonchev–Trinajstić information content (AvgIpc) is 2.76. The lowest BCUT2D eigenvalue weighted by atomic mass is 9.90. The van der Waals surface area contributed by atoms with Crippen molar-refractivity contribution in [3.63, 3.8) is 0 Å². The molecule has 0 heterocycles. The molecule has 4 aromatic carbocycles. The third-order valence-corrected chi connectivity index (χ3v) is 8.11. The number of fused-ring (bicyclic) bond motifs is 2. The van der Waals surface area contributed by atoms with Gasteiger partial charge in [-0.05, 0) is 51.9 Å². The van der Waals surface area contributed by atoms with Gasteiger partial charge in [0.1, 0.15) is 9.79 Å². The SMILES string of the molecule is CC(C)c1cc2ccccc2c(C(C)C)c1S(=O)(=O)Oc1ccc(S(=O)(=O)O)c2ccccc12. The fraction of sp³-hybridized carbons (Fsp3) is 0.231. The highest BCUT2D eigenvalue weighted by atomic mass is 32.2. The lowest BCUT2D eigenvalue weighted by Gasteiger charge is -2.22. The van der Waals surface area contributed by atoms with E-state index in [2.05, 4.69) is 0 Å². The molecule has 0 aliphatic carbocycles. The minimum atomic E-state index is -4.51. The van der Waals surface area contributed by atoms with Crippen LogP contribution >= 0.6 is 0 Å². The van der Waals surface area contributed by atoms with Gasteiger partial charge in [-0.1, -0.05) is 76.2 Å². The second kappa shape index (κ2) is 8.69. The summed E-state index contributed by atoms with van der Waals surface area (Å²) in [5.41, 5.74) is 1.34. The van der Waals surface area contributed by atoms with Crippen LogP contribution in [0.3, 0.4) is 0 Å². The van der Waals surface area contributed by atoms with Crippen LogP contribution in [0.4, 0.5) is 0 Å². The van der Waals surface area contributed by atoms with Crippen molar-refractivity contribution in [2.75, 3.05) is 0 Å². The molecule has 0 atom stereocenters. The van der Waals surface area contributed by atoms with Crippen molar-refractivity contribution in [1.29, 1.82) is 0 Å². The van der Waals surface area contributed by atoms with Crippen molar-refractivity contribution in [1.82, 2.24) is 0 Å². The lowest BCUT2D eigenvalue weighted by Crippen LogP contribution is -2.17. The van der Waals surface area contributed by atoms with E-state index >= 15 is 0 Å². The maximum Gasteiger partial charge on any atom is 0.339 e. The first-order chi connectivity index (χ1) is 15.9. The summed E-state index contributed by atoms with van der Waals surface area (Å²) in [4.78, 5) is -0.177. The van der Waals surface area contributed by atoms with E-state index in [4.69, 9.17) is 4.18 Å². The molecule has 0 unspecified atom stereocenters.